The van der Waals surface area contributed by atoms with E-state index in [2.05, 4.69) is 10.2 Å². The molecule has 0 bridgehead atoms. The van der Waals surface area contributed by atoms with Crippen LogP contribution in [0.4, 0.5) is 10.1 Å². The molecular formula is C17H12FN3O2S. The Morgan fingerprint density at radius 1 is 1.04 bits per heavy atom. The molecule has 0 N–H and O–H groups in total. The fourth-order valence-corrected chi connectivity index (χ4v) is 2.85. The number of nitro benzene ring substituents is 1. The van der Waals surface area contributed by atoms with Crippen molar-refractivity contribution in [2.75, 3.05) is 0 Å². The van der Waals surface area contributed by atoms with Crippen LogP contribution in [0.2, 0.25) is 0 Å². The number of rotatable bonds is 5. The smallest absolute Gasteiger partial charge is 0.258 e. The van der Waals surface area contributed by atoms with Crippen molar-refractivity contribution >= 4 is 17.4 Å². The molecule has 0 spiro atoms. The number of hydrogen-bond donors (Lipinski definition) is 0. The first-order chi connectivity index (χ1) is 11.6. The predicted molar refractivity (Wildman–Crippen MR) is 90.1 cm³/mol. The molecule has 7 heteroatoms. The number of thioether (sulfide) groups is 1. The van der Waals surface area contributed by atoms with E-state index in [1.165, 1.54) is 36.0 Å². The zero-order valence-electron chi connectivity index (χ0n) is 12.4. The summed E-state index contributed by atoms with van der Waals surface area (Å²) in [6, 6.07) is 16.2. The molecule has 0 saturated carbocycles. The zero-order chi connectivity index (χ0) is 16.9. The third-order valence-corrected chi connectivity index (χ3v) is 4.28. The Labute approximate surface area is 141 Å². The first-order valence-corrected chi connectivity index (χ1v) is 8.06. The van der Waals surface area contributed by atoms with E-state index in [-0.39, 0.29) is 11.5 Å². The minimum atomic E-state index is -0.443. The van der Waals surface area contributed by atoms with E-state index in [9.17, 15) is 14.5 Å². The maximum absolute atomic E-state index is 13.1. The van der Waals surface area contributed by atoms with Crippen LogP contribution in [-0.4, -0.2) is 15.1 Å². The van der Waals surface area contributed by atoms with E-state index in [1.807, 2.05) is 18.2 Å². The second-order valence-electron chi connectivity index (χ2n) is 4.98. The number of halogens is 1. The normalized spacial score (nSPS) is 10.5. The Kier molecular flexibility index (Phi) is 4.81. The Morgan fingerprint density at radius 3 is 2.46 bits per heavy atom. The van der Waals surface area contributed by atoms with Gasteiger partial charge in [0, 0.05) is 23.4 Å². The fourth-order valence-electron chi connectivity index (χ4n) is 2.09. The molecule has 1 aromatic heterocycles. The number of hydrogen-bond acceptors (Lipinski definition) is 5. The molecule has 3 aromatic rings. The summed E-state index contributed by atoms with van der Waals surface area (Å²) in [6.07, 6.45) is 0. The predicted octanol–water partition coefficient (Wildman–Crippen LogP) is 4.48. The van der Waals surface area contributed by atoms with Gasteiger partial charge in [0.25, 0.3) is 5.69 Å². The van der Waals surface area contributed by atoms with Gasteiger partial charge in [-0.15, -0.1) is 10.2 Å². The Hall–Kier alpha value is -2.80. The van der Waals surface area contributed by atoms with Gasteiger partial charge >= 0.3 is 0 Å². The molecule has 1 heterocycles. The van der Waals surface area contributed by atoms with Crippen molar-refractivity contribution in [3.05, 3.63) is 82.2 Å². The van der Waals surface area contributed by atoms with Crippen molar-refractivity contribution in [1.82, 2.24) is 10.2 Å². The average Bonchev–Trinajstić information content (AvgIpc) is 2.61. The van der Waals surface area contributed by atoms with Gasteiger partial charge in [-0.3, -0.25) is 10.1 Å². The lowest BCUT2D eigenvalue weighted by Gasteiger charge is -2.03. The van der Waals surface area contributed by atoms with Gasteiger partial charge in [0.15, 0.2) is 0 Å². The number of nitrogens with zero attached hydrogens (tertiary/aromatic N) is 3. The topological polar surface area (TPSA) is 68.9 Å². The van der Waals surface area contributed by atoms with E-state index >= 15 is 0 Å². The van der Waals surface area contributed by atoms with Crippen LogP contribution in [0.5, 0.6) is 0 Å². The molecule has 0 amide bonds. The largest absolute Gasteiger partial charge is 0.269 e. The van der Waals surface area contributed by atoms with Crippen LogP contribution in [0.3, 0.4) is 0 Å². The Bertz CT molecular complexity index is 854. The summed E-state index contributed by atoms with van der Waals surface area (Å²) in [5.41, 5.74) is 2.31. The number of non-ortho nitro benzene ring substituents is 1. The molecule has 0 radical (unpaired) electrons. The van der Waals surface area contributed by atoms with E-state index in [0.717, 1.165) is 16.2 Å². The summed E-state index contributed by atoms with van der Waals surface area (Å²) in [5.74, 6) is 0.344. The second kappa shape index (κ2) is 7.18. The van der Waals surface area contributed by atoms with Crippen LogP contribution in [0.15, 0.2) is 65.7 Å². The number of nitro groups is 1. The zero-order valence-corrected chi connectivity index (χ0v) is 13.2. The highest BCUT2D eigenvalue weighted by atomic mass is 32.2. The molecule has 0 aliphatic heterocycles. The van der Waals surface area contributed by atoms with Crippen molar-refractivity contribution in [3.63, 3.8) is 0 Å². The highest BCUT2D eigenvalue weighted by Crippen LogP contribution is 2.24. The van der Waals surface area contributed by atoms with Crippen molar-refractivity contribution in [2.45, 2.75) is 10.8 Å². The molecule has 0 unspecified atom stereocenters. The molecule has 120 valence electrons. The van der Waals surface area contributed by atoms with Crippen LogP contribution in [-0.2, 0) is 5.75 Å². The first-order valence-electron chi connectivity index (χ1n) is 7.07. The Morgan fingerprint density at radius 2 is 1.83 bits per heavy atom. The highest BCUT2D eigenvalue weighted by Gasteiger charge is 2.07. The van der Waals surface area contributed by atoms with Crippen LogP contribution in [0, 0.1) is 15.9 Å². The van der Waals surface area contributed by atoms with Gasteiger partial charge in [0.05, 0.1) is 10.6 Å². The van der Waals surface area contributed by atoms with Gasteiger partial charge in [-0.25, -0.2) is 4.39 Å². The third kappa shape index (κ3) is 3.94. The van der Waals surface area contributed by atoms with Crippen molar-refractivity contribution in [3.8, 4) is 11.3 Å². The lowest BCUT2D eigenvalue weighted by molar-refractivity contribution is -0.384. The quantitative estimate of drug-likeness (QED) is 0.389. The fraction of sp³-hybridized carbons (Fsp3) is 0.0588. The van der Waals surface area contributed by atoms with E-state index in [4.69, 9.17) is 0 Å². The molecule has 0 aliphatic rings. The van der Waals surface area contributed by atoms with Gasteiger partial charge in [-0.05, 0) is 42.0 Å². The summed E-state index contributed by atoms with van der Waals surface area (Å²) in [7, 11) is 0. The first kappa shape index (κ1) is 16.1. The second-order valence-corrected chi connectivity index (χ2v) is 5.98. The van der Waals surface area contributed by atoms with E-state index < -0.39 is 4.92 Å². The molecule has 0 saturated heterocycles. The number of benzene rings is 2. The van der Waals surface area contributed by atoms with Gasteiger partial charge in [0.2, 0.25) is 0 Å². The molecule has 3 rings (SSSR count). The Balaban J connectivity index is 1.67. The minimum absolute atomic E-state index is 0.0361. The highest BCUT2D eigenvalue weighted by molar-refractivity contribution is 7.98. The summed E-state index contributed by atoms with van der Waals surface area (Å²) in [5, 5.41) is 19.7. The van der Waals surface area contributed by atoms with Crippen LogP contribution in [0.25, 0.3) is 11.3 Å². The summed E-state index contributed by atoms with van der Waals surface area (Å²) >= 11 is 1.46. The van der Waals surface area contributed by atoms with Crippen molar-refractivity contribution in [1.29, 1.82) is 0 Å². The maximum atomic E-state index is 13.1. The summed E-state index contributed by atoms with van der Waals surface area (Å²) in [4.78, 5) is 10.2. The third-order valence-electron chi connectivity index (χ3n) is 3.29. The average molecular weight is 341 g/mol. The van der Waals surface area contributed by atoms with E-state index in [0.29, 0.717) is 11.4 Å². The van der Waals surface area contributed by atoms with Gasteiger partial charge in [-0.2, -0.15) is 0 Å². The van der Waals surface area contributed by atoms with Crippen LogP contribution >= 0.6 is 11.8 Å². The molecule has 0 atom stereocenters. The maximum Gasteiger partial charge on any atom is 0.269 e. The monoisotopic (exact) mass is 341 g/mol. The number of aromatic nitrogens is 2. The van der Waals surface area contributed by atoms with Crippen molar-refractivity contribution < 1.29 is 9.31 Å². The lowest BCUT2D eigenvalue weighted by Crippen LogP contribution is -1.91. The van der Waals surface area contributed by atoms with E-state index in [1.54, 1.807) is 18.2 Å². The summed E-state index contributed by atoms with van der Waals surface area (Å²) in [6.45, 7) is 0. The van der Waals surface area contributed by atoms with Gasteiger partial charge in [-0.1, -0.05) is 23.9 Å². The van der Waals surface area contributed by atoms with Gasteiger partial charge in [0.1, 0.15) is 10.8 Å². The minimum Gasteiger partial charge on any atom is -0.258 e. The molecule has 5 nitrogen and oxygen atoms in total. The molecular weight excluding hydrogens is 329 g/mol. The molecule has 24 heavy (non-hydrogen) atoms. The summed E-state index contributed by atoms with van der Waals surface area (Å²) < 4.78 is 13.1. The van der Waals surface area contributed by atoms with Crippen LogP contribution < -0.4 is 0 Å². The van der Waals surface area contributed by atoms with Crippen LogP contribution in [0.1, 0.15) is 5.56 Å². The standard InChI is InChI=1S/C17H12FN3O2S/c18-14-3-1-2-12(10-14)11-24-17-9-8-16(19-20-17)13-4-6-15(7-5-13)21(22)23/h1-10H,11H2. The molecule has 0 aliphatic carbocycles. The lowest BCUT2D eigenvalue weighted by atomic mass is 10.1. The molecule has 2 aromatic carbocycles. The SMILES string of the molecule is O=[N+]([O-])c1ccc(-c2ccc(SCc3cccc(F)c3)nn2)cc1. The van der Waals surface area contributed by atoms with Crippen molar-refractivity contribution in [2.24, 2.45) is 0 Å². The molecule has 0 fully saturated rings. The van der Waals surface area contributed by atoms with Gasteiger partial charge < -0.3 is 0 Å².